The molecule has 3 heterocycles. The molecule has 6 nitrogen and oxygen atoms in total. The standard InChI is InChI=1S/C19H22ClN5OS/c1-12-15(20)4-5-16-17(12)22-19(27-16)25-8-6-14(7-9-25)24(3)18(26)13-10-21-23(2)11-13/h4-5,10-11,14H,6-9H2,1-3H3. The minimum absolute atomic E-state index is 0.0341. The summed E-state index contributed by atoms with van der Waals surface area (Å²) < 4.78 is 2.82. The molecule has 0 saturated carbocycles. The molecule has 0 atom stereocenters. The number of anilines is 1. The van der Waals surface area contributed by atoms with Gasteiger partial charge in [0, 0.05) is 44.4 Å². The minimum atomic E-state index is 0.0341. The van der Waals surface area contributed by atoms with Crippen LogP contribution in [0.1, 0.15) is 28.8 Å². The predicted octanol–water partition coefficient (Wildman–Crippen LogP) is 3.73. The van der Waals surface area contributed by atoms with E-state index in [1.54, 1.807) is 28.4 Å². The Bertz CT molecular complexity index is 989. The number of aromatic nitrogens is 3. The van der Waals surface area contributed by atoms with Gasteiger partial charge < -0.3 is 9.80 Å². The van der Waals surface area contributed by atoms with Crippen LogP contribution >= 0.6 is 22.9 Å². The van der Waals surface area contributed by atoms with E-state index < -0.39 is 0 Å². The number of rotatable bonds is 3. The van der Waals surface area contributed by atoms with Crippen molar-refractivity contribution in [1.29, 1.82) is 0 Å². The summed E-state index contributed by atoms with van der Waals surface area (Å²) in [6.07, 6.45) is 5.25. The van der Waals surface area contributed by atoms with Crippen LogP contribution in [0.25, 0.3) is 10.2 Å². The fourth-order valence-electron chi connectivity index (χ4n) is 3.57. The summed E-state index contributed by atoms with van der Waals surface area (Å²) in [7, 11) is 3.71. The van der Waals surface area contributed by atoms with E-state index in [4.69, 9.17) is 16.6 Å². The number of amides is 1. The first kappa shape index (κ1) is 18.3. The van der Waals surface area contributed by atoms with Crippen molar-refractivity contribution in [3.05, 3.63) is 40.7 Å². The van der Waals surface area contributed by atoms with E-state index in [9.17, 15) is 4.79 Å². The Kier molecular flexibility index (Phi) is 4.82. The molecule has 0 spiro atoms. The molecule has 2 aromatic heterocycles. The van der Waals surface area contributed by atoms with Gasteiger partial charge in [0.05, 0.1) is 22.0 Å². The number of piperidine rings is 1. The van der Waals surface area contributed by atoms with Gasteiger partial charge in [0.2, 0.25) is 0 Å². The van der Waals surface area contributed by atoms with Gasteiger partial charge in [0.15, 0.2) is 5.13 Å². The van der Waals surface area contributed by atoms with Gasteiger partial charge >= 0.3 is 0 Å². The highest BCUT2D eigenvalue weighted by Crippen LogP contribution is 2.34. The molecule has 1 aliphatic rings. The second-order valence-electron chi connectivity index (χ2n) is 7.05. The molecule has 0 unspecified atom stereocenters. The van der Waals surface area contributed by atoms with Crippen LogP contribution in [0.5, 0.6) is 0 Å². The van der Waals surface area contributed by atoms with Crippen LogP contribution in [0.15, 0.2) is 24.5 Å². The normalized spacial score (nSPS) is 15.5. The summed E-state index contributed by atoms with van der Waals surface area (Å²) >= 11 is 7.93. The third-order valence-corrected chi connectivity index (χ3v) is 6.78. The molecular weight excluding hydrogens is 382 g/mol. The van der Waals surface area contributed by atoms with Crippen LogP contribution in [0.3, 0.4) is 0 Å². The molecule has 1 aliphatic heterocycles. The summed E-state index contributed by atoms with van der Waals surface area (Å²) in [5.41, 5.74) is 2.67. The molecular formula is C19H22ClN5OS. The number of benzene rings is 1. The number of aryl methyl sites for hydroxylation is 2. The number of carbonyl (C=O) groups is 1. The zero-order valence-corrected chi connectivity index (χ0v) is 17.2. The molecule has 1 aromatic carbocycles. The average molecular weight is 404 g/mol. The van der Waals surface area contributed by atoms with Gasteiger partial charge in [-0.05, 0) is 37.5 Å². The van der Waals surface area contributed by atoms with E-state index in [2.05, 4.69) is 10.00 Å². The number of nitrogens with zero attached hydrogens (tertiary/aromatic N) is 5. The lowest BCUT2D eigenvalue weighted by Gasteiger charge is -2.36. The van der Waals surface area contributed by atoms with Gasteiger partial charge in [-0.2, -0.15) is 5.10 Å². The second-order valence-corrected chi connectivity index (χ2v) is 8.47. The maximum absolute atomic E-state index is 12.6. The van der Waals surface area contributed by atoms with Crippen molar-refractivity contribution in [3.8, 4) is 0 Å². The van der Waals surface area contributed by atoms with E-state index in [0.717, 1.165) is 51.9 Å². The number of hydrogen-bond donors (Lipinski definition) is 0. The Hall–Kier alpha value is -2.12. The molecule has 1 fully saturated rings. The van der Waals surface area contributed by atoms with Crippen LogP contribution in [0.2, 0.25) is 5.02 Å². The largest absolute Gasteiger partial charge is 0.348 e. The Labute approximate surface area is 167 Å². The van der Waals surface area contributed by atoms with Gasteiger partial charge in [0.1, 0.15) is 0 Å². The number of fused-ring (bicyclic) bond motifs is 1. The maximum atomic E-state index is 12.6. The summed E-state index contributed by atoms with van der Waals surface area (Å²) in [6, 6.07) is 4.21. The molecule has 1 saturated heterocycles. The number of hydrogen-bond acceptors (Lipinski definition) is 5. The third-order valence-electron chi connectivity index (χ3n) is 5.29. The van der Waals surface area contributed by atoms with Crippen LogP contribution in [0, 0.1) is 6.92 Å². The van der Waals surface area contributed by atoms with Crippen molar-refractivity contribution >= 4 is 44.2 Å². The lowest BCUT2D eigenvalue weighted by Crippen LogP contribution is -2.45. The summed E-state index contributed by atoms with van der Waals surface area (Å²) in [5, 5.41) is 5.89. The van der Waals surface area contributed by atoms with E-state index in [-0.39, 0.29) is 11.9 Å². The van der Waals surface area contributed by atoms with Gasteiger partial charge in [-0.1, -0.05) is 22.9 Å². The SMILES string of the molecule is Cc1c(Cl)ccc2sc(N3CCC(N(C)C(=O)c4cnn(C)c4)CC3)nc12. The topological polar surface area (TPSA) is 54.3 Å². The molecule has 142 valence electrons. The highest BCUT2D eigenvalue weighted by Gasteiger charge is 2.28. The molecule has 1 amide bonds. The van der Waals surface area contributed by atoms with E-state index in [0.29, 0.717) is 5.56 Å². The Morgan fingerprint density at radius 1 is 1.33 bits per heavy atom. The third kappa shape index (κ3) is 3.41. The monoisotopic (exact) mass is 403 g/mol. The first-order chi connectivity index (χ1) is 12.9. The van der Waals surface area contributed by atoms with Crippen LogP contribution in [-0.2, 0) is 7.05 Å². The minimum Gasteiger partial charge on any atom is -0.348 e. The van der Waals surface area contributed by atoms with Crippen molar-refractivity contribution in [2.24, 2.45) is 7.05 Å². The van der Waals surface area contributed by atoms with E-state index in [1.165, 1.54) is 0 Å². The van der Waals surface area contributed by atoms with Crippen molar-refractivity contribution in [2.45, 2.75) is 25.8 Å². The average Bonchev–Trinajstić information content (AvgIpc) is 3.30. The fourth-order valence-corrected chi connectivity index (χ4v) is 4.80. The van der Waals surface area contributed by atoms with Crippen molar-refractivity contribution < 1.29 is 4.79 Å². The number of halogens is 1. The highest BCUT2D eigenvalue weighted by atomic mass is 35.5. The van der Waals surface area contributed by atoms with Crippen molar-refractivity contribution in [3.63, 3.8) is 0 Å². The number of carbonyl (C=O) groups excluding carboxylic acids is 1. The zero-order valence-electron chi connectivity index (χ0n) is 15.6. The summed E-state index contributed by atoms with van der Waals surface area (Å²) in [5.74, 6) is 0.0341. The van der Waals surface area contributed by atoms with Crippen molar-refractivity contribution in [1.82, 2.24) is 19.7 Å². The van der Waals surface area contributed by atoms with Crippen LogP contribution in [0.4, 0.5) is 5.13 Å². The van der Waals surface area contributed by atoms with Gasteiger partial charge in [-0.25, -0.2) is 4.98 Å². The summed E-state index contributed by atoms with van der Waals surface area (Å²) in [6.45, 7) is 3.79. The fraction of sp³-hybridized carbons (Fsp3) is 0.421. The first-order valence-electron chi connectivity index (χ1n) is 9.00. The first-order valence-corrected chi connectivity index (χ1v) is 10.2. The predicted molar refractivity (Wildman–Crippen MR) is 110 cm³/mol. The maximum Gasteiger partial charge on any atom is 0.257 e. The quantitative estimate of drug-likeness (QED) is 0.668. The van der Waals surface area contributed by atoms with Gasteiger partial charge in [0.25, 0.3) is 5.91 Å². The van der Waals surface area contributed by atoms with E-state index in [1.807, 2.05) is 38.1 Å². The Balaban J connectivity index is 1.44. The van der Waals surface area contributed by atoms with Gasteiger partial charge in [-0.3, -0.25) is 9.48 Å². The highest BCUT2D eigenvalue weighted by molar-refractivity contribution is 7.22. The van der Waals surface area contributed by atoms with Crippen LogP contribution in [-0.4, -0.2) is 51.8 Å². The zero-order chi connectivity index (χ0) is 19.1. The lowest BCUT2D eigenvalue weighted by molar-refractivity contribution is 0.0709. The molecule has 0 bridgehead atoms. The molecule has 3 aromatic rings. The Morgan fingerprint density at radius 3 is 2.74 bits per heavy atom. The molecule has 0 radical (unpaired) electrons. The number of thiazole rings is 1. The Morgan fingerprint density at radius 2 is 2.07 bits per heavy atom. The lowest BCUT2D eigenvalue weighted by atomic mass is 10.0. The van der Waals surface area contributed by atoms with Crippen LogP contribution < -0.4 is 4.90 Å². The van der Waals surface area contributed by atoms with E-state index >= 15 is 0 Å². The molecule has 4 rings (SSSR count). The molecule has 8 heteroatoms. The van der Waals surface area contributed by atoms with Gasteiger partial charge in [-0.15, -0.1) is 0 Å². The molecule has 27 heavy (non-hydrogen) atoms. The second kappa shape index (κ2) is 7.13. The molecule has 0 aliphatic carbocycles. The van der Waals surface area contributed by atoms with Crippen molar-refractivity contribution in [2.75, 3.05) is 25.0 Å². The summed E-state index contributed by atoms with van der Waals surface area (Å²) in [4.78, 5) is 21.6. The molecule has 0 N–H and O–H groups in total. The smallest absolute Gasteiger partial charge is 0.257 e.